The van der Waals surface area contributed by atoms with Gasteiger partial charge in [-0.1, -0.05) is 6.92 Å². The molecule has 1 fully saturated rings. The van der Waals surface area contributed by atoms with Crippen LogP contribution in [0.15, 0.2) is 18.2 Å². The number of hydrogen-bond donors (Lipinski definition) is 1. The second-order valence-corrected chi connectivity index (χ2v) is 5.83. The summed E-state index contributed by atoms with van der Waals surface area (Å²) in [6.45, 7) is 2.14. The van der Waals surface area contributed by atoms with Crippen LogP contribution in [0.25, 0.3) is 0 Å². The predicted molar refractivity (Wildman–Crippen MR) is 75.5 cm³/mol. The van der Waals surface area contributed by atoms with E-state index in [-0.39, 0.29) is 17.6 Å². The molecule has 1 saturated carbocycles. The SMILES string of the molecule is CC1CC(NC(=O)c2cc([N+](=O)[O-])ccc2I)C1. The van der Waals surface area contributed by atoms with Crippen LogP contribution < -0.4 is 5.32 Å². The average molecular weight is 360 g/mol. The summed E-state index contributed by atoms with van der Waals surface area (Å²) in [5.41, 5.74) is 0.326. The number of non-ortho nitro benzene ring substituents is 1. The van der Waals surface area contributed by atoms with E-state index in [0.717, 1.165) is 16.4 Å². The molecule has 18 heavy (non-hydrogen) atoms. The summed E-state index contributed by atoms with van der Waals surface area (Å²) < 4.78 is 0.725. The van der Waals surface area contributed by atoms with Gasteiger partial charge in [0.05, 0.1) is 10.5 Å². The Labute approximate surface area is 118 Å². The van der Waals surface area contributed by atoms with Crippen LogP contribution in [0.3, 0.4) is 0 Å². The van der Waals surface area contributed by atoms with Gasteiger partial charge in [-0.2, -0.15) is 0 Å². The van der Waals surface area contributed by atoms with Gasteiger partial charge in [0.2, 0.25) is 0 Å². The normalized spacial score (nSPS) is 22.1. The zero-order chi connectivity index (χ0) is 13.3. The van der Waals surface area contributed by atoms with E-state index in [4.69, 9.17) is 0 Å². The molecule has 0 radical (unpaired) electrons. The summed E-state index contributed by atoms with van der Waals surface area (Å²) >= 11 is 2.01. The molecular weight excluding hydrogens is 347 g/mol. The molecule has 0 aromatic heterocycles. The highest BCUT2D eigenvalue weighted by molar-refractivity contribution is 14.1. The largest absolute Gasteiger partial charge is 0.349 e. The van der Waals surface area contributed by atoms with Gasteiger partial charge in [-0.3, -0.25) is 14.9 Å². The van der Waals surface area contributed by atoms with Gasteiger partial charge in [-0.25, -0.2) is 0 Å². The number of amides is 1. The molecule has 1 aromatic rings. The Balaban J connectivity index is 2.13. The van der Waals surface area contributed by atoms with Crippen LogP contribution in [0, 0.1) is 19.6 Å². The van der Waals surface area contributed by atoms with Crippen molar-refractivity contribution in [3.63, 3.8) is 0 Å². The molecule has 0 heterocycles. The molecule has 0 saturated heterocycles. The highest BCUT2D eigenvalue weighted by Gasteiger charge is 2.27. The van der Waals surface area contributed by atoms with E-state index in [1.807, 2.05) is 22.6 Å². The van der Waals surface area contributed by atoms with Crippen molar-refractivity contribution in [1.82, 2.24) is 5.32 Å². The quantitative estimate of drug-likeness (QED) is 0.512. The third kappa shape index (κ3) is 2.80. The number of nitro groups is 1. The molecule has 0 unspecified atom stereocenters. The minimum atomic E-state index is -0.488. The van der Waals surface area contributed by atoms with Crippen molar-refractivity contribution in [2.45, 2.75) is 25.8 Å². The van der Waals surface area contributed by atoms with Crippen LogP contribution in [0.4, 0.5) is 5.69 Å². The maximum Gasteiger partial charge on any atom is 0.270 e. The molecule has 0 aliphatic heterocycles. The Morgan fingerprint density at radius 2 is 2.17 bits per heavy atom. The lowest BCUT2D eigenvalue weighted by Gasteiger charge is -2.33. The van der Waals surface area contributed by atoms with Gasteiger partial charge in [0.1, 0.15) is 0 Å². The van der Waals surface area contributed by atoms with Crippen LogP contribution in [-0.2, 0) is 0 Å². The first-order valence-electron chi connectivity index (χ1n) is 5.72. The summed E-state index contributed by atoms with van der Waals surface area (Å²) in [6, 6.07) is 4.54. The van der Waals surface area contributed by atoms with E-state index < -0.39 is 4.92 Å². The first kappa shape index (κ1) is 13.3. The van der Waals surface area contributed by atoms with Crippen molar-refractivity contribution in [3.8, 4) is 0 Å². The summed E-state index contributed by atoms with van der Waals surface area (Å²) in [6.07, 6.45) is 1.97. The lowest BCUT2D eigenvalue weighted by atomic mass is 9.82. The van der Waals surface area contributed by atoms with E-state index in [1.54, 1.807) is 6.07 Å². The van der Waals surface area contributed by atoms with Gasteiger partial charge in [-0.15, -0.1) is 0 Å². The third-order valence-corrected chi connectivity index (χ3v) is 4.06. The molecule has 1 aliphatic rings. The molecule has 5 nitrogen and oxygen atoms in total. The summed E-state index contributed by atoms with van der Waals surface area (Å²) in [4.78, 5) is 22.2. The first-order chi connectivity index (χ1) is 8.47. The van der Waals surface area contributed by atoms with E-state index in [2.05, 4.69) is 12.2 Å². The molecular formula is C12H13IN2O3. The molecule has 96 valence electrons. The Hall–Kier alpha value is -1.18. The van der Waals surface area contributed by atoms with E-state index in [1.165, 1.54) is 12.1 Å². The first-order valence-corrected chi connectivity index (χ1v) is 6.80. The zero-order valence-electron chi connectivity index (χ0n) is 9.85. The van der Waals surface area contributed by atoms with Gasteiger partial charge in [0.25, 0.3) is 11.6 Å². The second kappa shape index (κ2) is 5.21. The monoisotopic (exact) mass is 360 g/mol. The van der Waals surface area contributed by atoms with Gasteiger partial charge < -0.3 is 5.32 Å². The minimum Gasteiger partial charge on any atom is -0.349 e. The van der Waals surface area contributed by atoms with E-state index >= 15 is 0 Å². The van der Waals surface area contributed by atoms with Crippen molar-refractivity contribution in [1.29, 1.82) is 0 Å². The van der Waals surface area contributed by atoms with E-state index in [9.17, 15) is 14.9 Å². The number of carbonyl (C=O) groups excluding carboxylic acids is 1. The number of nitro benzene ring substituents is 1. The fourth-order valence-electron chi connectivity index (χ4n) is 2.08. The van der Waals surface area contributed by atoms with Crippen molar-refractivity contribution < 1.29 is 9.72 Å². The fraction of sp³-hybridized carbons (Fsp3) is 0.417. The van der Waals surface area contributed by atoms with Gasteiger partial charge in [0.15, 0.2) is 0 Å². The van der Waals surface area contributed by atoms with Gasteiger partial charge in [0, 0.05) is 21.7 Å². The average Bonchev–Trinajstić information content (AvgIpc) is 2.27. The molecule has 2 rings (SSSR count). The summed E-state index contributed by atoms with van der Waals surface area (Å²) in [5.74, 6) is 0.430. The second-order valence-electron chi connectivity index (χ2n) is 4.67. The maximum atomic E-state index is 12.0. The number of carbonyl (C=O) groups is 1. The highest BCUT2D eigenvalue weighted by Crippen LogP contribution is 2.27. The molecule has 0 bridgehead atoms. The maximum absolute atomic E-state index is 12.0. The molecule has 0 spiro atoms. The van der Waals surface area contributed by atoms with Crippen LogP contribution in [-0.4, -0.2) is 16.9 Å². The Morgan fingerprint density at radius 1 is 1.50 bits per heavy atom. The number of nitrogens with one attached hydrogen (secondary N) is 1. The van der Waals surface area contributed by atoms with Crippen LogP contribution in [0.2, 0.25) is 0 Å². The molecule has 0 atom stereocenters. The summed E-state index contributed by atoms with van der Waals surface area (Å²) in [7, 11) is 0. The number of benzene rings is 1. The Kier molecular flexibility index (Phi) is 3.84. The Morgan fingerprint density at radius 3 is 2.72 bits per heavy atom. The van der Waals surface area contributed by atoms with Gasteiger partial charge in [-0.05, 0) is 47.4 Å². The highest BCUT2D eigenvalue weighted by atomic mass is 127. The summed E-state index contributed by atoms with van der Waals surface area (Å²) in [5, 5.41) is 13.6. The third-order valence-electron chi connectivity index (χ3n) is 3.11. The van der Waals surface area contributed by atoms with Gasteiger partial charge >= 0.3 is 0 Å². The molecule has 6 heteroatoms. The standard InChI is InChI=1S/C12H13IN2O3/c1-7-4-8(5-7)14-12(16)10-6-9(15(17)18)2-3-11(10)13/h2-3,6-8H,4-5H2,1H3,(H,14,16). The molecule has 1 aliphatic carbocycles. The molecule has 1 N–H and O–H groups in total. The smallest absolute Gasteiger partial charge is 0.270 e. The molecule has 1 amide bonds. The number of nitrogens with zero attached hydrogens (tertiary/aromatic N) is 1. The van der Waals surface area contributed by atoms with Crippen LogP contribution in [0.1, 0.15) is 30.1 Å². The number of rotatable bonds is 3. The topological polar surface area (TPSA) is 72.2 Å². The van der Waals surface area contributed by atoms with Crippen molar-refractivity contribution in [2.75, 3.05) is 0 Å². The van der Waals surface area contributed by atoms with Crippen molar-refractivity contribution in [2.24, 2.45) is 5.92 Å². The minimum absolute atomic E-state index is 0.0532. The van der Waals surface area contributed by atoms with Crippen molar-refractivity contribution in [3.05, 3.63) is 37.4 Å². The lowest BCUT2D eigenvalue weighted by molar-refractivity contribution is -0.384. The van der Waals surface area contributed by atoms with E-state index in [0.29, 0.717) is 11.5 Å². The Bertz CT molecular complexity index is 498. The zero-order valence-corrected chi connectivity index (χ0v) is 12.0. The number of halogens is 1. The van der Waals surface area contributed by atoms with Crippen molar-refractivity contribution >= 4 is 34.2 Å². The fourth-order valence-corrected chi connectivity index (χ4v) is 2.66. The number of hydrogen-bond acceptors (Lipinski definition) is 3. The lowest BCUT2D eigenvalue weighted by Crippen LogP contribution is -2.43. The predicted octanol–water partition coefficient (Wildman–Crippen LogP) is 2.73. The molecule has 1 aromatic carbocycles. The van der Waals surface area contributed by atoms with Crippen LogP contribution >= 0.6 is 22.6 Å². The van der Waals surface area contributed by atoms with Crippen LogP contribution in [0.5, 0.6) is 0 Å².